The maximum absolute atomic E-state index is 14.6. The molecule has 0 radical (unpaired) electrons. The SMILES string of the molecule is Cc1cc(F)cc(F)c1C(=O)c1sc2cc(O)ccc2c1Oc1ccc(OCCN2CCCC2)cc1. The minimum atomic E-state index is -0.931. The van der Waals surface area contributed by atoms with Crippen LogP contribution in [0.15, 0.2) is 54.6 Å². The summed E-state index contributed by atoms with van der Waals surface area (Å²) in [6, 6.07) is 13.6. The highest BCUT2D eigenvalue weighted by molar-refractivity contribution is 7.21. The molecule has 4 aromatic rings. The second-order valence-electron chi connectivity index (χ2n) is 8.82. The molecule has 1 aliphatic heterocycles. The fourth-order valence-electron chi connectivity index (χ4n) is 4.44. The number of aryl methyl sites for hydroxylation is 1. The van der Waals surface area contributed by atoms with Gasteiger partial charge in [0.1, 0.15) is 40.4 Å². The summed E-state index contributed by atoms with van der Waals surface area (Å²) in [6.07, 6.45) is 2.47. The fraction of sp³-hybridized carbons (Fsp3) is 0.250. The van der Waals surface area contributed by atoms with E-state index in [1.807, 2.05) is 0 Å². The summed E-state index contributed by atoms with van der Waals surface area (Å²) in [5.74, 6) is -0.814. The lowest BCUT2D eigenvalue weighted by molar-refractivity contribution is 0.103. The first-order valence-electron chi connectivity index (χ1n) is 11.8. The lowest BCUT2D eigenvalue weighted by Gasteiger charge is -2.15. The lowest BCUT2D eigenvalue weighted by Crippen LogP contribution is -2.25. The van der Waals surface area contributed by atoms with Gasteiger partial charge in [-0.15, -0.1) is 11.3 Å². The molecule has 0 saturated carbocycles. The van der Waals surface area contributed by atoms with Gasteiger partial charge in [0.2, 0.25) is 5.78 Å². The molecule has 5 rings (SSSR count). The number of hydrogen-bond donors (Lipinski definition) is 1. The largest absolute Gasteiger partial charge is 0.508 e. The van der Waals surface area contributed by atoms with E-state index in [0.717, 1.165) is 37.0 Å². The van der Waals surface area contributed by atoms with Crippen molar-refractivity contribution in [2.24, 2.45) is 0 Å². The maximum Gasteiger partial charge on any atom is 0.210 e. The molecule has 1 saturated heterocycles. The van der Waals surface area contributed by atoms with Gasteiger partial charge in [0, 0.05) is 22.7 Å². The van der Waals surface area contributed by atoms with Crippen LogP contribution in [-0.4, -0.2) is 42.0 Å². The van der Waals surface area contributed by atoms with Crippen molar-refractivity contribution in [3.63, 3.8) is 0 Å². The average molecular weight is 510 g/mol. The molecule has 36 heavy (non-hydrogen) atoms. The van der Waals surface area contributed by atoms with Gasteiger partial charge in [-0.2, -0.15) is 0 Å². The predicted octanol–water partition coefficient (Wildman–Crippen LogP) is 6.69. The van der Waals surface area contributed by atoms with Crippen molar-refractivity contribution in [3.8, 4) is 23.0 Å². The minimum absolute atomic E-state index is 0.0360. The molecule has 3 aromatic carbocycles. The van der Waals surface area contributed by atoms with Gasteiger partial charge in [-0.25, -0.2) is 8.78 Å². The van der Waals surface area contributed by atoms with Crippen LogP contribution in [0.2, 0.25) is 0 Å². The lowest BCUT2D eigenvalue weighted by atomic mass is 10.0. The highest BCUT2D eigenvalue weighted by atomic mass is 32.1. The number of likely N-dealkylation sites (tertiary alicyclic amines) is 1. The Morgan fingerprint density at radius 3 is 2.47 bits per heavy atom. The molecule has 2 heterocycles. The second-order valence-corrected chi connectivity index (χ2v) is 9.87. The van der Waals surface area contributed by atoms with E-state index >= 15 is 0 Å². The fourth-order valence-corrected chi connectivity index (χ4v) is 5.55. The van der Waals surface area contributed by atoms with Crippen LogP contribution in [0, 0.1) is 18.6 Å². The van der Waals surface area contributed by atoms with Gasteiger partial charge in [-0.1, -0.05) is 0 Å². The number of benzene rings is 3. The first-order chi connectivity index (χ1) is 17.4. The van der Waals surface area contributed by atoms with Gasteiger partial charge in [-0.3, -0.25) is 9.69 Å². The van der Waals surface area contributed by atoms with Crippen LogP contribution < -0.4 is 9.47 Å². The number of carbonyl (C=O) groups is 1. The molecule has 8 heteroatoms. The summed E-state index contributed by atoms with van der Waals surface area (Å²) in [6.45, 7) is 5.20. The number of carbonyl (C=O) groups excluding carboxylic acids is 1. The van der Waals surface area contributed by atoms with E-state index < -0.39 is 17.4 Å². The summed E-state index contributed by atoms with van der Waals surface area (Å²) in [7, 11) is 0. The predicted molar refractivity (Wildman–Crippen MR) is 136 cm³/mol. The second kappa shape index (κ2) is 10.2. The Labute approximate surface area is 211 Å². The van der Waals surface area contributed by atoms with E-state index in [4.69, 9.17) is 9.47 Å². The molecule has 1 aliphatic rings. The van der Waals surface area contributed by atoms with Crippen molar-refractivity contribution in [3.05, 3.63) is 82.2 Å². The molecular formula is C28H25F2NO4S. The Morgan fingerprint density at radius 1 is 1.03 bits per heavy atom. The topological polar surface area (TPSA) is 59.0 Å². The molecule has 0 bridgehead atoms. The van der Waals surface area contributed by atoms with Gasteiger partial charge < -0.3 is 14.6 Å². The highest BCUT2D eigenvalue weighted by Crippen LogP contribution is 2.43. The van der Waals surface area contributed by atoms with Gasteiger partial charge in [0.05, 0.1) is 5.56 Å². The number of thiophene rings is 1. The molecule has 186 valence electrons. The van der Waals surface area contributed by atoms with E-state index in [-0.39, 0.29) is 27.5 Å². The van der Waals surface area contributed by atoms with Crippen molar-refractivity contribution in [2.75, 3.05) is 26.2 Å². The molecule has 0 atom stereocenters. The van der Waals surface area contributed by atoms with E-state index in [9.17, 15) is 18.7 Å². The number of nitrogens with zero attached hydrogens (tertiary/aromatic N) is 1. The maximum atomic E-state index is 14.6. The van der Waals surface area contributed by atoms with Gasteiger partial charge >= 0.3 is 0 Å². The molecule has 1 aromatic heterocycles. The zero-order chi connectivity index (χ0) is 25.2. The Morgan fingerprint density at radius 2 is 1.75 bits per heavy atom. The monoisotopic (exact) mass is 509 g/mol. The normalized spacial score (nSPS) is 13.9. The number of phenols is 1. The third kappa shape index (κ3) is 5.05. The standard InChI is InChI=1S/C28H25F2NO4S/c1-17-14-18(29)15-23(30)25(17)26(33)28-27(22-9-4-19(32)16-24(22)36-28)35-21-7-5-20(6-8-21)34-13-12-31-10-2-3-11-31/h4-9,14-16,32H,2-3,10-13H2,1H3. The Kier molecular flexibility index (Phi) is 6.89. The highest BCUT2D eigenvalue weighted by Gasteiger charge is 2.26. The molecule has 0 unspecified atom stereocenters. The van der Waals surface area contributed by atoms with Crippen molar-refractivity contribution in [1.82, 2.24) is 4.90 Å². The molecule has 5 nitrogen and oxygen atoms in total. The third-order valence-corrected chi connectivity index (χ3v) is 7.36. The third-order valence-electron chi connectivity index (χ3n) is 6.23. The average Bonchev–Trinajstić information content (AvgIpc) is 3.47. The van der Waals surface area contributed by atoms with Crippen LogP contribution >= 0.6 is 11.3 Å². The van der Waals surface area contributed by atoms with Crippen LogP contribution in [0.5, 0.6) is 23.0 Å². The van der Waals surface area contributed by atoms with Crippen LogP contribution in [0.1, 0.15) is 33.6 Å². The zero-order valence-electron chi connectivity index (χ0n) is 19.7. The molecule has 0 aliphatic carbocycles. The summed E-state index contributed by atoms with van der Waals surface area (Å²) < 4.78 is 40.8. The summed E-state index contributed by atoms with van der Waals surface area (Å²) in [4.78, 5) is 16.0. The zero-order valence-corrected chi connectivity index (χ0v) is 20.5. The van der Waals surface area contributed by atoms with Crippen LogP contribution in [0.4, 0.5) is 8.78 Å². The number of halogens is 2. The van der Waals surface area contributed by atoms with E-state index in [0.29, 0.717) is 34.3 Å². The van der Waals surface area contributed by atoms with Gasteiger partial charge in [0.15, 0.2) is 5.75 Å². The van der Waals surface area contributed by atoms with Gasteiger partial charge in [-0.05, 0) is 86.9 Å². The van der Waals surface area contributed by atoms with E-state index in [1.54, 1.807) is 30.3 Å². The van der Waals surface area contributed by atoms with Crippen LogP contribution in [0.25, 0.3) is 10.1 Å². The summed E-state index contributed by atoms with van der Waals surface area (Å²) in [5.41, 5.74) is -0.0158. The molecule has 0 amide bonds. The first kappa shape index (κ1) is 24.2. The van der Waals surface area contributed by atoms with Crippen molar-refractivity contribution < 1.29 is 28.2 Å². The van der Waals surface area contributed by atoms with Crippen LogP contribution in [0.3, 0.4) is 0 Å². The van der Waals surface area contributed by atoms with Crippen molar-refractivity contribution in [1.29, 1.82) is 0 Å². The van der Waals surface area contributed by atoms with Crippen molar-refractivity contribution >= 4 is 27.2 Å². The van der Waals surface area contributed by atoms with E-state index in [1.165, 1.54) is 31.9 Å². The molecule has 1 fully saturated rings. The Hall–Kier alpha value is -3.49. The van der Waals surface area contributed by atoms with Gasteiger partial charge in [0.25, 0.3) is 0 Å². The number of rotatable bonds is 8. The van der Waals surface area contributed by atoms with E-state index in [2.05, 4.69) is 4.90 Å². The molecular weight excluding hydrogens is 484 g/mol. The Bertz CT molecular complexity index is 1390. The Balaban J connectivity index is 1.42. The number of ether oxygens (including phenoxy) is 2. The number of phenolic OH excluding ortho intramolecular Hbond substituents is 1. The number of fused-ring (bicyclic) bond motifs is 1. The first-order valence-corrected chi connectivity index (χ1v) is 12.6. The number of hydrogen-bond acceptors (Lipinski definition) is 6. The molecule has 0 spiro atoms. The smallest absolute Gasteiger partial charge is 0.210 e. The minimum Gasteiger partial charge on any atom is -0.508 e. The van der Waals surface area contributed by atoms with Crippen molar-refractivity contribution in [2.45, 2.75) is 19.8 Å². The number of ketones is 1. The summed E-state index contributed by atoms with van der Waals surface area (Å²) in [5, 5.41) is 10.5. The number of aromatic hydroxyl groups is 1. The molecule has 1 N–H and O–H groups in total. The summed E-state index contributed by atoms with van der Waals surface area (Å²) >= 11 is 1.08. The van der Waals surface area contributed by atoms with Crippen LogP contribution in [-0.2, 0) is 0 Å². The quantitative estimate of drug-likeness (QED) is 0.268.